The normalized spacial score (nSPS) is 11.9. The topological polar surface area (TPSA) is 81.4 Å². The van der Waals surface area contributed by atoms with Gasteiger partial charge in [-0.3, -0.25) is 9.59 Å². The smallest absolute Gasteiger partial charge is 0.251 e. The number of benzene rings is 2. The van der Waals surface area contributed by atoms with Gasteiger partial charge in [0.25, 0.3) is 5.91 Å². The van der Waals surface area contributed by atoms with Crippen molar-refractivity contribution in [1.82, 2.24) is 0 Å². The van der Waals surface area contributed by atoms with Gasteiger partial charge in [0.15, 0.2) is 0 Å². The van der Waals surface area contributed by atoms with Gasteiger partial charge in [-0.25, -0.2) is 0 Å². The number of carbonyl (C=O) groups excluding carboxylic acids is 2. The molecule has 0 saturated heterocycles. The number of primary amides is 1. The van der Waals surface area contributed by atoms with E-state index in [-0.39, 0.29) is 11.8 Å². The van der Waals surface area contributed by atoms with Crippen LogP contribution in [0.1, 0.15) is 39.2 Å². The average Bonchev–Trinajstić information content (AvgIpc) is 3.16. The number of thiophene rings is 1. The van der Waals surface area contributed by atoms with E-state index >= 15 is 0 Å². The molecule has 0 radical (unpaired) electrons. The average molecular weight is 407 g/mol. The Morgan fingerprint density at radius 3 is 2.41 bits per heavy atom. The molecule has 3 N–H and O–H groups in total. The predicted octanol–water partition coefficient (Wildman–Crippen LogP) is 4.66. The molecule has 5 nitrogen and oxygen atoms in total. The molecule has 3 aromatic rings. The van der Waals surface area contributed by atoms with Gasteiger partial charge >= 0.3 is 0 Å². The van der Waals surface area contributed by atoms with Crippen molar-refractivity contribution in [3.05, 3.63) is 88.3 Å². The van der Waals surface area contributed by atoms with Crippen molar-refractivity contribution in [2.45, 2.75) is 12.8 Å². The molecule has 0 saturated carbocycles. The maximum absolute atomic E-state index is 12.4. The highest BCUT2D eigenvalue weighted by atomic mass is 32.1. The summed E-state index contributed by atoms with van der Waals surface area (Å²) in [6.07, 6.45) is 3.12. The molecular formula is C23H22N2O3S. The van der Waals surface area contributed by atoms with Crippen molar-refractivity contribution in [3.8, 4) is 5.75 Å². The number of anilines is 1. The summed E-state index contributed by atoms with van der Waals surface area (Å²) in [5.74, 6) is -0.0672. The predicted molar refractivity (Wildman–Crippen MR) is 117 cm³/mol. The van der Waals surface area contributed by atoms with Crippen LogP contribution in [0.2, 0.25) is 0 Å². The number of hydrogen-bond donors (Lipinski definition) is 2. The van der Waals surface area contributed by atoms with E-state index in [9.17, 15) is 9.59 Å². The van der Waals surface area contributed by atoms with E-state index < -0.39 is 5.91 Å². The Morgan fingerprint density at radius 2 is 1.79 bits per heavy atom. The number of carbonyl (C=O) groups is 2. The standard InChI is InChI=1S/C23H22N2O3S/c1-15(17-6-4-3-5-7-17)20-14-19(22(24)27)23(29-20)25-21(26)13-10-16-8-11-18(28-2)12-9-16/h3-15H,1-2H3,(H2,24,27)(H,25,26). The molecule has 1 heterocycles. The second-order valence-corrected chi connectivity index (χ2v) is 7.57. The molecule has 29 heavy (non-hydrogen) atoms. The lowest BCUT2D eigenvalue weighted by Crippen LogP contribution is -2.14. The van der Waals surface area contributed by atoms with E-state index in [1.807, 2.05) is 54.6 Å². The Labute approximate surface area is 173 Å². The maximum atomic E-state index is 12.4. The van der Waals surface area contributed by atoms with Crippen molar-refractivity contribution < 1.29 is 14.3 Å². The molecular weight excluding hydrogens is 384 g/mol. The number of amides is 2. The Hall–Kier alpha value is -3.38. The monoisotopic (exact) mass is 406 g/mol. The van der Waals surface area contributed by atoms with E-state index in [1.165, 1.54) is 17.4 Å². The zero-order valence-electron chi connectivity index (χ0n) is 16.2. The lowest BCUT2D eigenvalue weighted by molar-refractivity contribution is -0.111. The summed E-state index contributed by atoms with van der Waals surface area (Å²) in [7, 11) is 1.60. The first-order valence-corrected chi connectivity index (χ1v) is 9.91. The highest BCUT2D eigenvalue weighted by Crippen LogP contribution is 2.36. The van der Waals surface area contributed by atoms with Crippen LogP contribution in [0.15, 0.2) is 66.7 Å². The summed E-state index contributed by atoms with van der Waals surface area (Å²) >= 11 is 1.36. The fourth-order valence-corrected chi connectivity index (χ4v) is 3.99. The molecule has 2 amide bonds. The lowest BCUT2D eigenvalue weighted by Gasteiger charge is -2.08. The van der Waals surface area contributed by atoms with Crippen LogP contribution < -0.4 is 15.8 Å². The van der Waals surface area contributed by atoms with Crippen molar-refractivity contribution in [2.75, 3.05) is 12.4 Å². The molecule has 148 valence electrons. The molecule has 0 bridgehead atoms. The summed E-state index contributed by atoms with van der Waals surface area (Å²) in [4.78, 5) is 25.2. The first kappa shape index (κ1) is 20.4. The van der Waals surface area contributed by atoms with Gasteiger partial charge in [0, 0.05) is 16.9 Å². The maximum Gasteiger partial charge on any atom is 0.251 e. The largest absolute Gasteiger partial charge is 0.497 e. The first-order chi connectivity index (χ1) is 14.0. The van der Waals surface area contributed by atoms with E-state index in [2.05, 4.69) is 12.2 Å². The molecule has 3 rings (SSSR count). The van der Waals surface area contributed by atoms with Crippen molar-refractivity contribution in [2.24, 2.45) is 5.73 Å². The van der Waals surface area contributed by atoms with Gasteiger partial charge in [-0.15, -0.1) is 11.3 Å². The number of hydrogen-bond acceptors (Lipinski definition) is 4. The van der Waals surface area contributed by atoms with Crippen LogP contribution in [0, 0.1) is 0 Å². The van der Waals surface area contributed by atoms with Crippen molar-refractivity contribution >= 4 is 34.2 Å². The third-order valence-electron chi connectivity index (χ3n) is 4.52. The minimum Gasteiger partial charge on any atom is -0.497 e. The summed E-state index contributed by atoms with van der Waals surface area (Å²) < 4.78 is 5.12. The molecule has 1 aromatic heterocycles. The minimum absolute atomic E-state index is 0.0831. The summed E-state index contributed by atoms with van der Waals surface area (Å²) in [5.41, 5.74) is 7.83. The molecule has 0 spiro atoms. The van der Waals surface area contributed by atoms with Gasteiger partial charge in [0.05, 0.1) is 12.7 Å². The highest BCUT2D eigenvalue weighted by molar-refractivity contribution is 7.16. The van der Waals surface area contributed by atoms with Crippen LogP contribution in [0.4, 0.5) is 5.00 Å². The van der Waals surface area contributed by atoms with Gasteiger partial charge in [-0.05, 0) is 35.4 Å². The van der Waals surface area contributed by atoms with Crippen LogP contribution in [-0.4, -0.2) is 18.9 Å². The van der Waals surface area contributed by atoms with E-state index in [1.54, 1.807) is 19.3 Å². The van der Waals surface area contributed by atoms with Gasteiger partial charge in [0.1, 0.15) is 10.8 Å². The van der Waals surface area contributed by atoms with Crippen LogP contribution in [0.25, 0.3) is 6.08 Å². The Balaban J connectivity index is 1.76. The molecule has 2 aromatic carbocycles. The number of ether oxygens (including phenoxy) is 1. The van der Waals surface area contributed by atoms with E-state index in [0.29, 0.717) is 10.6 Å². The zero-order chi connectivity index (χ0) is 20.8. The van der Waals surface area contributed by atoms with Crippen LogP contribution in [0.5, 0.6) is 5.75 Å². The molecule has 0 aliphatic heterocycles. The van der Waals surface area contributed by atoms with Crippen LogP contribution in [0.3, 0.4) is 0 Å². The van der Waals surface area contributed by atoms with Gasteiger partial charge in [-0.1, -0.05) is 49.4 Å². The second kappa shape index (κ2) is 9.21. The quantitative estimate of drug-likeness (QED) is 0.560. The molecule has 0 aliphatic carbocycles. The molecule has 1 unspecified atom stereocenters. The van der Waals surface area contributed by atoms with Crippen LogP contribution >= 0.6 is 11.3 Å². The molecule has 0 fully saturated rings. The Bertz CT molecular complexity index is 1020. The fourth-order valence-electron chi connectivity index (χ4n) is 2.85. The number of nitrogens with two attached hydrogens (primary N) is 1. The zero-order valence-corrected chi connectivity index (χ0v) is 17.0. The first-order valence-electron chi connectivity index (χ1n) is 9.09. The lowest BCUT2D eigenvalue weighted by atomic mass is 9.99. The number of methoxy groups -OCH3 is 1. The highest BCUT2D eigenvalue weighted by Gasteiger charge is 2.19. The van der Waals surface area contributed by atoms with Crippen molar-refractivity contribution in [1.29, 1.82) is 0 Å². The Morgan fingerprint density at radius 1 is 1.10 bits per heavy atom. The van der Waals surface area contributed by atoms with Gasteiger partial charge in [0.2, 0.25) is 5.91 Å². The van der Waals surface area contributed by atoms with Crippen LogP contribution in [-0.2, 0) is 4.79 Å². The number of nitrogens with one attached hydrogen (secondary N) is 1. The van der Waals surface area contributed by atoms with E-state index in [0.717, 1.165) is 21.8 Å². The van der Waals surface area contributed by atoms with Gasteiger partial charge < -0.3 is 15.8 Å². The molecule has 6 heteroatoms. The third kappa shape index (κ3) is 5.12. The summed E-state index contributed by atoms with van der Waals surface area (Å²) in [6.45, 7) is 2.06. The van der Waals surface area contributed by atoms with Gasteiger partial charge in [-0.2, -0.15) is 0 Å². The molecule has 1 atom stereocenters. The molecule has 0 aliphatic rings. The fraction of sp³-hybridized carbons (Fsp3) is 0.130. The SMILES string of the molecule is COc1ccc(C=CC(=O)Nc2sc(C(C)c3ccccc3)cc2C(N)=O)cc1. The Kier molecular flexibility index (Phi) is 6.46. The summed E-state index contributed by atoms with van der Waals surface area (Å²) in [6, 6.07) is 19.1. The van der Waals surface area contributed by atoms with E-state index in [4.69, 9.17) is 10.5 Å². The van der Waals surface area contributed by atoms with Crippen molar-refractivity contribution in [3.63, 3.8) is 0 Å². The number of rotatable bonds is 7. The third-order valence-corrected chi connectivity index (χ3v) is 5.76. The summed E-state index contributed by atoms with van der Waals surface area (Å²) in [5, 5.41) is 3.24. The second-order valence-electron chi connectivity index (χ2n) is 6.48. The minimum atomic E-state index is -0.567.